The van der Waals surface area contributed by atoms with E-state index in [1.807, 2.05) is 38.1 Å². The summed E-state index contributed by atoms with van der Waals surface area (Å²) in [5, 5.41) is 0. The van der Waals surface area contributed by atoms with Crippen molar-refractivity contribution in [2.24, 2.45) is 0 Å². The van der Waals surface area contributed by atoms with Crippen LogP contribution in [-0.4, -0.2) is 20.9 Å². The fourth-order valence-electron chi connectivity index (χ4n) is 3.26. The molecule has 0 aromatic heterocycles. The Morgan fingerprint density at radius 2 is 1.88 bits per heavy atom. The molecule has 0 aliphatic carbocycles. The molecule has 1 aliphatic rings. The molecule has 3 rings (SSSR count). The molecule has 0 unspecified atom stereocenters. The molecule has 0 saturated carbocycles. The van der Waals surface area contributed by atoms with Crippen LogP contribution in [0.3, 0.4) is 0 Å². The Morgan fingerprint density at radius 3 is 2.62 bits per heavy atom. The van der Waals surface area contributed by atoms with Crippen molar-refractivity contribution in [2.45, 2.75) is 38.9 Å². The van der Waals surface area contributed by atoms with Crippen LogP contribution in [0.4, 0.5) is 11.4 Å². The molecule has 1 saturated heterocycles. The van der Waals surface area contributed by atoms with E-state index in [4.69, 9.17) is 0 Å². The second kappa shape index (κ2) is 7.50. The van der Waals surface area contributed by atoms with Gasteiger partial charge in [-0.25, -0.2) is 8.42 Å². The van der Waals surface area contributed by atoms with E-state index >= 15 is 0 Å². The first-order chi connectivity index (χ1) is 12.3. The van der Waals surface area contributed by atoms with E-state index < -0.39 is 10.0 Å². The topological polar surface area (TPSA) is 66.5 Å². The Kier molecular flexibility index (Phi) is 5.32. The highest BCUT2D eigenvalue weighted by molar-refractivity contribution is 7.91. The van der Waals surface area contributed by atoms with Crippen molar-refractivity contribution < 1.29 is 13.2 Å². The van der Waals surface area contributed by atoms with Gasteiger partial charge in [-0.1, -0.05) is 35.9 Å². The molecule has 6 heteroatoms. The highest BCUT2D eigenvalue weighted by Crippen LogP contribution is 2.28. The van der Waals surface area contributed by atoms with Gasteiger partial charge in [0.25, 0.3) is 0 Å². The second-order valence-corrected chi connectivity index (χ2v) is 8.58. The third kappa shape index (κ3) is 4.43. The van der Waals surface area contributed by atoms with E-state index in [-0.39, 0.29) is 11.7 Å². The molecule has 1 aliphatic heterocycles. The van der Waals surface area contributed by atoms with Gasteiger partial charge in [0.2, 0.25) is 15.9 Å². The van der Waals surface area contributed by atoms with Gasteiger partial charge in [-0.05, 0) is 49.9 Å². The van der Waals surface area contributed by atoms with Gasteiger partial charge in [0.05, 0.1) is 11.4 Å². The number of nitrogens with one attached hydrogen (secondary N) is 1. The average Bonchev–Trinajstić information content (AvgIpc) is 2.56. The van der Waals surface area contributed by atoms with Gasteiger partial charge in [-0.15, -0.1) is 0 Å². The lowest BCUT2D eigenvalue weighted by atomic mass is 10.1. The first-order valence-electron chi connectivity index (χ1n) is 8.81. The van der Waals surface area contributed by atoms with E-state index in [2.05, 4.69) is 4.72 Å². The maximum atomic E-state index is 12.5. The largest absolute Gasteiger partial charge is 0.312 e. The zero-order valence-electron chi connectivity index (χ0n) is 15.2. The normalized spacial score (nSPS) is 15.2. The number of aryl methyl sites for hydroxylation is 2. The maximum absolute atomic E-state index is 12.5. The molecule has 0 atom stereocenters. The number of hydrogen-bond donors (Lipinski definition) is 1. The summed E-state index contributed by atoms with van der Waals surface area (Å²) in [4.78, 5) is 14.0. The number of carbonyl (C=O) groups is 1. The molecule has 0 radical (unpaired) electrons. The Bertz CT molecular complexity index is 922. The van der Waals surface area contributed by atoms with E-state index in [0.29, 0.717) is 18.7 Å². The molecule has 2 aromatic carbocycles. The summed E-state index contributed by atoms with van der Waals surface area (Å²) in [6.45, 7) is 4.55. The highest BCUT2D eigenvalue weighted by Gasteiger charge is 2.22. The second-order valence-electron chi connectivity index (χ2n) is 6.85. The first-order valence-corrected chi connectivity index (χ1v) is 10.5. The Balaban J connectivity index is 1.81. The summed E-state index contributed by atoms with van der Waals surface area (Å²) >= 11 is 0. The zero-order chi connectivity index (χ0) is 18.7. The summed E-state index contributed by atoms with van der Waals surface area (Å²) in [6.07, 6.45) is 2.43. The van der Waals surface area contributed by atoms with Crippen LogP contribution in [0.1, 0.15) is 36.0 Å². The lowest BCUT2D eigenvalue weighted by Gasteiger charge is -2.28. The van der Waals surface area contributed by atoms with Crippen LogP contribution in [0.2, 0.25) is 0 Å². The molecule has 138 valence electrons. The summed E-state index contributed by atoms with van der Waals surface area (Å²) in [5.41, 5.74) is 4.00. The van der Waals surface area contributed by atoms with Crippen molar-refractivity contribution >= 4 is 27.3 Å². The Labute approximate surface area is 155 Å². The highest BCUT2D eigenvalue weighted by atomic mass is 32.2. The van der Waals surface area contributed by atoms with Gasteiger partial charge in [0.15, 0.2) is 0 Å². The smallest absolute Gasteiger partial charge is 0.236 e. The van der Waals surface area contributed by atoms with Crippen molar-refractivity contribution in [1.29, 1.82) is 0 Å². The quantitative estimate of drug-likeness (QED) is 0.869. The summed E-state index contributed by atoms with van der Waals surface area (Å²) in [5.74, 6) is 0.0136. The zero-order valence-corrected chi connectivity index (χ0v) is 16.0. The Morgan fingerprint density at radius 1 is 1.08 bits per heavy atom. The standard InChI is InChI=1S/C20H24N2O3S/c1-15-6-5-7-17(12-15)14-26(24,25)21-18-10-9-16(2)19(13-18)22-11-4-3-8-20(22)23/h5-7,9-10,12-13,21H,3-4,8,11,14H2,1-2H3. The summed E-state index contributed by atoms with van der Waals surface area (Å²) in [6, 6.07) is 12.8. The van der Waals surface area contributed by atoms with Gasteiger partial charge in [-0.3, -0.25) is 9.52 Å². The van der Waals surface area contributed by atoms with Gasteiger partial charge >= 0.3 is 0 Å². The van der Waals surface area contributed by atoms with Crippen molar-refractivity contribution in [3.8, 4) is 0 Å². The molecule has 26 heavy (non-hydrogen) atoms. The number of anilines is 2. The predicted molar refractivity (Wildman–Crippen MR) is 105 cm³/mol. The van der Waals surface area contributed by atoms with Crippen LogP contribution < -0.4 is 9.62 Å². The van der Waals surface area contributed by atoms with Crippen LogP contribution in [-0.2, 0) is 20.6 Å². The van der Waals surface area contributed by atoms with Crippen LogP contribution in [0.25, 0.3) is 0 Å². The fraction of sp³-hybridized carbons (Fsp3) is 0.350. The molecule has 2 aromatic rings. The summed E-state index contributed by atoms with van der Waals surface area (Å²) in [7, 11) is -3.53. The number of nitrogens with zero attached hydrogens (tertiary/aromatic N) is 1. The van der Waals surface area contributed by atoms with Crippen LogP contribution in [0.5, 0.6) is 0 Å². The number of piperidine rings is 1. The minimum atomic E-state index is -3.53. The van der Waals surface area contributed by atoms with Gasteiger partial charge in [0, 0.05) is 18.7 Å². The lowest BCUT2D eigenvalue weighted by molar-refractivity contribution is -0.119. The monoisotopic (exact) mass is 372 g/mol. The molecular formula is C20H24N2O3S. The number of hydrogen-bond acceptors (Lipinski definition) is 3. The maximum Gasteiger partial charge on any atom is 0.236 e. The molecule has 0 bridgehead atoms. The molecule has 1 amide bonds. The molecule has 0 spiro atoms. The third-order valence-corrected chi connectivity index (χ3v) is 5.80. The molecule has 1 N–H and O–H groups in total. The van der Waals surface area contributed by atoms with E-state index in [1.165, 1.54) is 0 Å². The number of benzene rings is 2. The van der Waals surface area contributed by atoms with E-state index in [0.717, 1.165) is 35.2 Å². The molecule has 1 heterocycles. The van der Waals surface area contributed by atoms with E-state index in [1.54, 1.807) is 23.1 Å². The third-order valence-electron chi connectivity index (χ3n) is 4.54. The van der Waals surface area contributed by atoms with Crippen molar-refractivity contribution in [2.75, 3.05) is 16.2 Å². The average molecular weight is 372 g/mol. The molecular weight excluding hydrogens is 348 g/mol. The number of carbonyl (C=O) groups excluding carboxylic acids is 1. The van der Waals surface area contributed by atoms with Crippen LogP contribution in [0, 0.1) is 13.8 Å². The predicted octanol–water partition coefficient (Wildman–Crippen LogP) is 3.76. The molecule has 5 nitrogen and oxygen atoms in total. The number of rotatable bonds is 5. The number of amides is 1. The van der Waals surface area contributed by atoms with Crippen molar-refractivity contribution in [3.05, 3.63) is 59.2 Å². The fourth-order valence-corrected chi connectivity index (χ4v) is 4.44. The first kappa shape index (κ1) is 18.5. The van der Waals surface area contributed by atoms with Gasteiger partial charge in [-0.2, -0.15) is 0 Å². The minimum Gasteiger partial charge on any atom is -0.312 e. The van der Waals surface area contributed by atoms with E-state index in [9.17, 15) is 13.2 Å². The van der Waals surface area contributed by atoms with Crippen molar-refractivity contribution in [1.82, 2.24) is 0 Å². The van der Waals surface area contributed by atoms with Crippen LogP contribution >= 0.6 is 0 Å². The molecule has 1 fully saturated rings. The summed E-state index contributed by atoms with van der Waals surface area (Å²) < 4.78 is 27.7. The van der Waals surface area contributed by atoms with Gasteiger partial charge < -0.3 is 4.90 Å². The SMILES string of the molecule is Cc1cccc(CS(=O)(=O)Nc2ccc(C)c(N3CCCCC3=O)c2)c1. The lowest BCUT2D eigenvalue weighted by Crippen LogP contribution is -2.35. The van der Waals surface area contributed by atoms with Crippen molar-refractivity contribution in [3.63, 3.8) is 0 Å². The minimum absolute atomic E-state index is 0.0828. The van der Waals surface area contributed by atoms with Crippen LogP contribution in [0.15, 0.2) is 42.5 Å². The van der Waals surface area contributed by atoms with Gasteiger partial charge in [0.1, 0.15) is 0 Å². The Hall–Kier alpha value is -2.34. The number of sulfonamides is 1.